The van der Waals surface area contributed by atoms with Crippen LogP contribution in [-0.4, -0.2) is 12.2 Å². The van der Waals surface area contributed by atoms with Crippen molar-refractivity contribution >= 4 is 11.3 Å². The lowest BCUT2D eigenvalue weighted by molar-refractivity contribution is -0.139. The Kier molecular flexibility index (Phi) is 4.84. The Hall–Kier alpha value is -0.550. The van der Waals surface area contributed by atoms with Crippen molar-refractivity contribution in [2.24, 2.45) is 0 Å². The Labute approximate surface area is 110 Å². The van der Waals surface area contributed by atoms with E-state index in [1.807, 2.05) is 6.07 Å². The number of hydrogen-bond donors (Lipinski definition) is 1. The highest BCUT2D eigenvalue weighted by Crippen LogP contribution is 2.29. The van der Waals surface area contributed by atoms with Crippen molar-refractivity contribution in [1.29, 1.82) is 0 Å². The number of thiophene rings is 1. The molecule has 1 N–H and O–H groups in total. The predicted octanol–water partition coefficient (Wildman–Crippen LogP) is 4.48. The first-order chi connectivity index (χ1) is 8.08. The summed E-state index contributed by atoms with van der Waals surface area (Å²) in [6.07, 6.45) is -4.89. The molecular formula is C13H20F3NS. The van der Waals surface area contributed by atoms with Crippen LogP contribution in [0, 0.1) is 0 Å². The molecule has 1 unspecified atom stereocenters. The molecule has 104 valence electrons. The Morgan fingerprint density at radius 1 is 1.22 bits per heavy atom. The van der Waals surface area contributed by atoms with Crippen LogP contribution in [0.15, 0.2) is 12.1 Å². The van der Waals surface area contributed by atoms with Crippen LogP contribution in [0.1, 0.15) is 43.9 Å². The van der Waals surface area contributed by atoms with Gasteiger partial charge in [-0.1, -0.05) is 20.8 Å². The second-order valence-electron chi connectivity index (χ2n) is 5.62. The Morgan fingerprint density at radius 2 is 1.83 bits per heavy atom. The van der Waals surface area contributed by atoms with E-state index in [2.05, 4.69) is 32.2 Å². The maximum absolute atomic E-state index is 12.2. The third-order valence-electron chi connectivity index (χ3n) is 2.56. The predicted molar refractivity (Wildman–Crippen MR) is 70.0 cm³/mol. The van der Waals surface area contributed by atoms with Crippen LogP contribution < -0.4 is 5.32 Å². The van der Waals surface area contributed by atoms with E-state index in [9.17, 15) is 13.2 Å². The lowest BCUT2D eigenvalue weighted by Crippen LogP contribution is -2.30. The average molecular weight is 279 g/mol. The smallest absolute Gasteiger partial charge is 0.309 e. The maximum atomic E-state index is 12.2. The summed E-state index contributed by atoms with van der Waals surface area (Å²) in [6.45, 7) is 8.44. The van der Waals surface area contributed by atoms with Gasteiger partial charge in [0.05, 0.1) is 6.42 Å². The van der Waals surface area contributed by atoms with E-state index in [1.54, 1.807) is 18.3 Å². The van der Waals surface area contributed by atoms with E-state index in [0.717, 1.165) is 4.88 Å². The SMILES string of the molecule is CC(CC(F)(F)F)NCc1ccc(C(C)(C)C)s1. The van der Waals surface area contributed by atoms with Crippen LogP contribution >= 0.6 is 11.3 Å². The van der Waals surface area contributed by atoms with Crippen LogP contribution in [0.2, 0.25) is 0 Å². The van der Waals surface area contributed by atoms with E-state index in [0.29, 0.717) is 6.54 Å². The molecule has 0 aliphatic rings. The molecule has 0 saturated heterocycles. The first-order valence-corrected chi connectivity index (χ1v) is 6.79. The van der Waals surface area contributed by atoms with Gasteiger partial charge in [0.1, 0.15) is 0 Å². The van der Waals surface area contributed by atoms with Crippen LogP contribution in [0.25, 0.3) is 0 Å². The van der Waals surface area contributed by atoms with E-state index >= 15 is 0 Å². The fourth-order valence-electron chi connectivity index (χ4n) is 1.57. The summed E-state index contributed by atoms with van der Waals surface area (Å²) in [6, 6.07) is 3.49. The van der Waals surface area contributed by atoms with Crippen molar-refractivity contribution in [3.8, 4) is 0 Å². The highest BCUT2D eigenvalue weighted by Gasteiger charge is 2.29. The van der Waals surface area contributed by atoms with Crippen molar-refractivity contribution in [1.82, 2.24) is 5.32 Å². The molecule has 1 atom stereocenters. The molecule has 0 radical (unpaired) electrons. The minimum absolute atomic E-state index is 0.0977. The normalized spacial score (nSPS) is 14.8. The summed E-state index contributed by atoms with van der Waals surface area (Å²) in [4.78, 5) is 2.33. The maximum Gasteiger partial charge on any atom is 0.390 e. The molecule has 1 heterocycles. The second kappa shape index (κ2) is 5.61. The summed E-state index contributed by atoms with van der Waals surface area (Å²) in [7, 11) is 0. The minimum atomic E-state index is -4.10. The van der Waals surface area contributed by atoms with Gasteiger partial charge in [-0.25, -0.2) is 0 Å². The monoisotopic (exact) mass is 279 g/mol. The van der Waals surface area contributed by atoms with E-state index < -0.39 is 18.6 Å². The van der Waals surface area contributed by atoms with Gasteiger partial charge in [0, 0.05) is 22.3 Å². The van der Waals surface area contributed by atoms with Crippen LogP contribution in [0.4, 0.5) is 13.2 Å². The zero-order valence-electron chi connectivity index (χ0n) is 11.2. The number of rotatable bonds is 4. The molecular weight excluding hydrogens is 259 g/mol. The largest absolute Gasteiger partial charge is 0.390 e. The molecule has 1 rings (SSSR count). The molecule has 0 bridgehead atoms. The Morgan fingerprint density at radius 3 is 2.28 bits per heavy atom. The highest BCUT2D eigenvalue weighted by atomic mass is 32.1. The molecule has 0 saturated carbocycles. The molecule has 1 aromatic rings. The molecule has 0 amide bonds. The minimum Gasteiger partial charge on any atom is -0.309 e. The van der Waals surface area contributed by atoms with Crippen LogP contribution in [0.3, 0.4) is 0 Å². The first kappa shape index (κ1) is 15.5. The van der Waals surface area contributed by atoms with Gasteiger partial charge in [-0.3, -0.25) is 0 Å². The fraction of sp³-hybridized carbons (Fsp3) is 0.692. The van der Waals surface area contributed by atoms with Crippen LogP contribution in [-0.2, 0) is 12.0 Å². The van der Waals surface area contributed by atoms with Gasteiger partial charge >= 0.3 is 6.18 Å². The molecule has 18 heavy (non-hydrogen) atoms. The zero-order chi connectivity index (χ0) is 14.0. The van der Waals surface area contributed by atoms with Gasteiger partial charge in [0.15, 0.2) is 0 Å². The molecule has 0 aromatic carbocycles. The van der Waals surface area contributed by atoms with Crippen molar-refractivity contribution in [2.45, 2.75) is 58.3 Å². The quantitative estimate of drug-likeness (QED) is 0.857. The van der Waals surface area contributed by atoms with Gasteiger partial charge in [-0.2, -0.15) is 13.2 Å². The molecule has 0 aliphatic carbocycles. The summed E-state index contributed by atoms with van der Waals surface area (Å²) in [5.41, 5.74) is 0.0977. The lowest BCUT2D eigenvalue weighted by atomic mass is 9.95. The number of alkyl halides is 3. The zero-order valence-corrected chi connectivity index (χ0v) is 12.0. The van der Waals surface area contributed by atoms with Gasteiger partial charge in [-0.05, 0) is 24.5 Å². The molecule has 0 aliphatic heterocycles. The Balaban J connectivity index is 2.47. The third kappa shape index (κ3) is 5.40. The van der Waals surface area contributed by atoms with E-state index in [4.69, 9.17) is 0 Å². The number of halogens is 3. The molecule has 1 aromatic heterocycles. The fourth-order valence-corrected chi connectivity index (χ4v) is 2.59. The first-order valence-electron chi connectivity index (χ1n) is 5.97. The molecule has 1 nitrogen and oxygen atoms in total. The number of hydrogen-bond acceptors (Lipinski definition) is 2. The standard InChI is InChI=1S/C13H20F3NS/c1-9(7-13(14,15)16)17-8-10-5-6-11(18-10)12(2,3)4/h5-6,9,17H,7-8H2,1-4H3. The summed E-state index contributed by atoms with van der Waals surface area (Å²) in [5.74, 6) is 0. The van der Waals surface area contributed by atoms with Gasteiger partial charge in [0.2, 0.25) is 0 Å². The third-order valence-corrected chi connectivity index (χ3v) is 4.07. The summed E-state index contributed by atoms with van der Waals surface area (Å²) in [5, 5.41) is 2.91. The van der Waals surface area contributed by atoms with Gasteiger partial charge in [0.25, 0.3) is 0 Å². The second-order valence-corrected chi connectivity index (χ2v) is 6.79. The Bertz CT molecular complexity index is 376. The molecule has 5 heteroatoms. The topological polar surface area (TPSA) is 12.0 Å². The van der Waals surface area contributed by atoms with E-state index in [1.165, 1.54) is 4.88 Å². The summed E-state index contributed by atoms with van der Waals surface area (Å²) < 4.78 is 36.5. The van der Waals surface area contributed by atoms with Crippen molar-refractivity contribution in [2.75, 3.05) is 0 Å². The number of nitrogens with one attached hydrogen (secondary N) is 1. The van der Waals surface area contributed by atoms with Crippen molar-refractivity contribution < 1.29 is 13.2 Å². The van der Waals surface area contributed by atoms with Gasteiger partial charge < -0.3 is 5.32 Å². The van der Waals surface area contributed by atoms with Crippen LogP contribution in [0.5, 0.6) is 0 Å². The lowest BCUT2D eigenvalue weighted by Gasteiger charge is -2.16. The summed E-state index contributed by atoms with van der Waals surface area (Å²) >= 11 is 1.66. The van der Waals surface area contributed by atoms with Crippen molar-refractivity contribution in [3.63, 3.8) is 0 Å². The molecule has 0 fully saturated rings. The molecule has 0 spiro atoms. The average Bonchev–Trinajstić information content (AvgIpc) is 2.59. The van der Waals surface area contributed by atoms with Gasteiger partial charge in [-0.15, -0.1) is 11.3 Å². The van der Waals surface area contributed by atoms with E-state index in [-0.39, 0.29) is 5.41 Å². The highest BCUT2D eigenvalue weighted by molar-refractivity contribution is 7.12. The van der Waals surface area contributed by atoms with Crippen molar-refractivity contribution in [3.05, 3.63) is 21.9 Å².